The van der Waals surface area contributed by atoms with Gasteiger partial charge < -0.3 is 15.4 Å². The van der Waals surface area contributed by atoms with Crippen molar-refractivity contribution in [2.45, 2.75) is 47.4 Å². The number of rotatable bonds is 4. The Morgan fingerprint density at radius 2 is 1.93 bits per heavy atom. The van der Waals surface area contributed by atoms with Gasteiger partial charge in [0.25, 0.3) is 5.91 Å². The third kappa shape index (κ3) is 4.19. The zero-order valence-corrected chi connectivity index (χ0v) is 16.2. The standard InChI is InChI=1S/C18H21N3O4S2/c22-14(21-18(24)25-10-4-3-5-10)11-8-9-26-16(11)20-15(23)17-19-12-6-1-2-7-13(12)27-17/h1-2,6-7,10-11,16-17,19H,3-5,8-9H2,(H,20,23)(H,21,22,24). The van der Waals surface area contributed by atoms with Crippen LogP contribution in [0.2, 0.25) is 0 Å². The largest absolute Gasteiger partial charge is 0.446 e. The number of anilines is 1. The number of imide groups is 1. The van der Waals surface area contributed by atoms with Gasteiger partial charge in [0.05, 0.1) is 11.3 Å². The van der Waals surface area contributed by atoms with Gasteiger partial charge in [-0.05, 0) is 43.6 Å². The minimum absolute atomic E-state index is 0.0710. The summed E-state index contributed by atoms with van der Waals surface area (Å²) >= 11 is 2.98. The molecule has 3 amide bonds. The summed E-state index contributed by atoms with van der Waals surface area (Å²) in [6, 6.07) is 7.75. The zero-order valence-electron chi connectivity index (χ0n) is 14.6. The molecule has 3 N–H and O–H groups in total. The van der Waals surface area contributed by atoms with Crippen LogP contribution in [0.5, 0.6) is 0 Å². The molecule has 1 saturated carbocycles. The number of amides is 3. The number of carbonyl (C=O) groups excluding carboxylic acids is 3. The molecule has 4 rings (SSSR count). The predicted octanol–water partition coefficient (Wildman–Crippen LogP) is 2.53. The molecule has 0 bridgehead atoms. The summed E-state index contributed by atoms with van der Waals surface area (Å²) in [6.07, 6.45) is 2.62. The minimum atomic E-state index is -0.685. The molecule has 2 fully saturated rings. The first-order chi connectivity index (χ1) is 13.1. The van der Waals surface area contributed by atoms with Crippen molar-refractivity contribution in [3.8, 4) is 0 Å². The van der Waals surface area contributed by atoms with E-state index in [1.54, 1.807) is 0 Å². The second kappa shape index (κ2) is 8.02. The number of hydrogen-bond acceptors (Lipinski definition) is 7. The lowest BCUT2D eigenvalue weighted by molar-refractivity contribution is -0.125. The number of carbonyl (C=O) groups is 3. The first kappa shape index (κ1) is 18.5. The second-order valence-electron chi connectivity index (χ2n) is 6.78. The van der Waals surface area contributed by atoms with Gasteiger partial charge in [-0.1, -0.05) is 23.9 Å². The van der Waals surface area contributed by atoms with Crippen LogP contribution in [-0.2, 0) is 14.3 Å². The van der Waals surface area contributed by atoms with Crippen LogP contribution in [0, 0.1) is 5.92 Å². The molecule has 3 atom stereocenters. The number of fused-ring (bicyclic) bond motifs is 1. The fraction of sp³-hybridized carbons (Fsp3) is 0.500. The predicted molar refractivity (Wildman–Crippen MR) is 104 cm³/mol. The molecule has 0 aromatic heterocycles. The van der Waals surface area contributed by atoms with Crippen LogP contribution < -0.4 is 16.0 Å². The Morgan fingerprint density at radius 3 is 2.67 bits per heavy atom. The summed E-state index contributed by atoms with van der Waals surface area (Å²) in [6.45, 7) is 0. The molecule has 1 saturated heterocycles. The highest BCUT2D eigenvalue weighted by Crippen LogP contribution is 2.38. The van der Waals surface area contributed by atoms with E-state index >= 15 is 0 Å². The Hall–Kier alpha value is -1.87. The molecule has 27 heavy (non-hydrogen) atoms. The average Bonchev–Trinajstić information content (AvgIpc) is 3.24. The summed E-state index contributed by atoms with van der Waals surface area (Å²) in [7, 11) is 0. The van der Waals surface area contributed by atoms with Gasteiger partial charge >= 0.3 is 6.09 Å². The van der Waals surface area contributed by atoms with Gasteiger partial charge in [-0.3, -0.25) is 14.9 Å². The Bertz CT molecular complexity index is 731. The Balaban J connectivity index is 1.29. The Morgan fingerprint density at radius 1 is 1.11 bits per heavy atom. The molecule has 1 aromatic carbocycles. The van der Waals surface area contributed by atoms with Crippen LogP contribution in [0.1, 0.15) is 25.7 Å². The molecule has 1 aliphatic carbocycles. The van der Waals surface area contributed by atoms with Crippen molar-refractivity contribution in [3.63, 3.8) is 0 Å². The first-order valence-electron chi connectivity index (χ1n) is 9.06. The fourth-order valence-electron chi connectivity index (χ4n) is 3.18. The molecule has 0 radical (unpaired) electrons. The lowest BCUT2D eigenvalue weighted by Crippen LogP contribution is -2.47. The number of benzene rings is 1. The maximum absolute atomic E-state index is 12.6. The van der Waals surface area contributed by atoms with Crippen molar-refractivity contribution in [2.24, 2.45) is 5.92 Å². The van der Waals surface area contributed by atoms with Crippen LogP contribution in [0.4, 0.5) is 10.5 Å². The number of hydrogen-bond donors (Lipinski definition) is 3. The molecular formula is C18H21N3O4S2. The van der Waals surface area contributed by atoms with E-state index in [1.165, 1.54) is 23.5 Å². The van der Waals surface area contributed by atoms with Crippen LogP contribution >= 0.6 is 23.5 Å². The number of nitrogens with one attached hydrogen (secondary N) is 3. The Kier molecular flexibility index (Phi) is 5.49. The van der Waals surface area contributed by atoms with Crippen LogP contribution in [0.15, 0.2) is 29.2 Å². The maximum atomic E-state index is 12.6. The summed E-state index contributed by atoms with van der Waals surface area (Å²) in [5.41, 5.74) is 0.940. The minimum Gasteiger partial charge on any atom is -0.446 e. The normalized spacial score (nSPS) is 26.4. The number of thioether (sulfide) groups is 2. The quantitative estimate of drug-likeness (QED) is 0.706. The number of alkyl carbamates (subject to hydrolysis) is 1. The summed E-state index contributed by atoms with van der Waals surface area (Å²) in [5, 5.41) is 7.69. The fourth-order valence-corrected chi connectivity index (χ4v) is 5.55. The molecule has 1 aromatic rings. The van der Waals surface area contributed by atoms with Gasteiger partial charge in [0.15, 0.2) is 5.37 Å². The number of para-hydroxylation sites is 1. The van der Waals surface area contributed by atoms with Crippen molar-refractivity contribution >= 4 is 47.1 Å². The Labute approximate surface area is 165 Å². The molecule has 144 valence electrons. The summed E-state index contributed by atoms with van der Waals surface area (Å²) in [5.74, 6) is -0.233. The number of ether oxygens (including phenoxy) is 1. The van der Waals surface area contributed by atoms with Crippen molar-refractivity contribution in [1.29, 1.82) is 0 Å². The molecule has 0 spiro atoms. The lowest BCUT2D eigenvalue weighted by Gasteiger charge is -2.25. The van der Waals surface area contributed by atoms with E-state index in [0.717, 1.165) is 35.6 Å². The molecular weight excluding hydrogens is 386 g/mol. The van der Waals surface area contributed by atoms with E-state index in [4.69, 9.17) is 4.74 Å². The summed E-state index contributed by atoms with van der Waals surface area (Å²) in [4.78, 5) is 37.9. The third-order valence-electron chi connectivity index (χ3n) is 4.92. The van der Waals surface area contributed by atoms with Crippen molar-refractivity contribution in [1.82, 2.24) is 10.6 Å². The van der Waals surface area contributed by atoms with Crippen LogP contribution in [-0.4, -0.2) is 40.5 Å². The van der Waals surface area contributed by atoms with Gasteiger partial charge in [-0.2, -0.15) is 0 Å². The van der Waals surface area contributed by atoms with Gasteiger partial charge in [-0.15, -0.1) is 11.8 Å². The molecule has 2 aliphatic heterocycles. The average molecular weight is 408 g/mol. The highest BCUT2D eigenvalue weighted by Gasteiger charge is 2.38. The summed E-state index contributed by atoms with van der Waals surface area (Å²) < 4.78 is 5.17. The molecule has 3 aliphatic rings. The zero-order chi connectivity index (χ0) is 18.8. The van der Waals surface area contributed by atoms with E-state index in [0.29, 0.717) is 6.42 Å². The highest BCUT2D eigenvalue weighted by atomic mass is 32.2. The topological polar surface area (TPSA) is 96.5 Å². The maximum Gasteiger partial charge on any atom is 0.414 e. The van der Waals surface area contributed by atoms with Gasteiger partial charge in [0.1, 0.15) is 6.10 Å². The van der Waals surface area contributed by atoms with Crippen molar-refractivity contribution in [2.75, 3.05) is 11.1 Å². The van der Waals surface area contributed by atoms with Crippen molar-refractivity contribution in [3.05, 3.63) is 24.3 Å². The smallest absolute Gasteiger partial charge is 0.414 e. The van der Waals surface area contributed by atoms with E-state index in [1.807, 2.05) is 24.3 Å². The van der Waals surface area contributed by atoms with Gasteiger partial charge in [-0.25, -0.2) is 4.79 Å². The third-order valence-corrected chi connectivity index (χ3v) is 7.38. The molecule has 9 heteroatoms. The molecule has 7 nitrogen and oxygen atoms in total. The monoisotopic (exact) mass is 407 g/mol. The van der Waals surface area contributed by atoms with E-state index in [9.17, 15) is 14.4 Å². The van der Waals surface area contributed by atoms with Gasteiger partial charge in [0.2, 0.25) is 5.91 Å². The second-order valence-corrected chi connectivity index (χ2v) is 9.18. The SMILES string of the molecule is O=C(NC(=O)C1CCSC1NC(=O)C1Nc2ccccc2S1)OC1CCC1. The van der Waals surface area contributed by atoms with Crippen molar-refractivity contribution < 1.29 is 19.1 Å². The van der Waals surface area contributed by atoms with Crippen LogP contribution in [0.25, 0.3) is 0 Å². The highest BCUT2D eigenvalue weighted by molar-refractivity contribution is 8.01. The lowest BCUT2D eigenvalue weighted by atomic mass is 9.96. The van der Waals surface area contributed by atoms with Crippen LogP contribution in [0.3, 0.4) is 0 Å². The van der Waals surface area contributed by atoms with E-state index in [2.05, 4.69) is 16.0 Å². The molecule has 2 heterocycles. The van der Waals surface area contributed by atoms with E-state index < -0.39 is 17.4 Å². The van der Waals surface area contributed by atoms with E-state index in [-0.39, 0.29) is 23.3 Å². The first-order valence-corrected chi connectivity index (χ1v) is 11.0. The van der Waals surface area contributed by atoms with Gasteiger partial charge in [0, 0.05) is 10.6 Å². The molecule has 3 unspecified atom stereocenters.